The van der Waals surface area contributed by atoms with Crippen LogP contribution >= 0.6 is 0 Å². The summed E-state index contributed by atoms with van der Waals surface area (Å²) in [5, 5.41) is 36.5. The van der Waals surface area contributed by atoms with Gasteiger partial charge in [0.05, 0.1) is 12.2 Å². The summed E-state index contributed by atoms with van der Waals surface area (Å²) in [4.78, 5) is 27.2. The molecule has 4 atom stereocenters. The maximum atomic E-state index is 12.5. The normalized spacial score (nSPS) is 22.8. The van der Waals surface area contributed by atoms with Crippen molar-refractivity contribution in [1.29, 1.82) is 0 Å². The topological polar surface area (TPSA) is 125 Å². The van der Waals surface area contributed by atoms with Gasteiger partial charge in [0, 0.05) is 6.20 Å². The summed E-state index contributed by atoms with van der Waals surface area (Å²) in [6.45, 7) is -0.520. The summed E-state index contributed by atoms with van der Waals surface area (Å²) in [7, 11) is 0. The summed E-state index contributed by atoms with van der Waals surface area (Å²) in [5.74, 6) is 0. The van der Waals surface area contributed by atoms with Gasteiger partial charge in [-0.25, -0.2) is 4.79 Å². The third-order valence-electron chi connectivity index (χ3n) is 6.79. The summed E-state index contributed by atoms with van der Waals surface area (Å²) in [6.07, 6.45) is -0.387. The first-order valence-electron chi connectivity index (χ1n) is 11.3. The van der Waals surface area contributed by atoms with Gasteiger partial charge < -0.3 is 20.1 Å². The third-order valence-corrected chi connectivity index (χ3v) is 6.79. The molecular weight excluding hydrogens is 448 g/mol. The number of nitrogens with one attached hydrogen (secondary N) is 1. The molecule has 1 aromatic heterocycles. The van der Waals surface area contributed by atoms with Gasteiger partial charge in [0.15, 0.2) is 6.23 Å². The van der Waals surface area contributed by atoms with Crippen molar-refractivity contribution in [2.45, 2.75) is 24.5 Å². The van der Waals surface area contributed by atoms with E-state index in [0.717, 1.165) is 37.1 Å². The van der Waals surface area contributed by atoms with E-state index < -0.39 is 42.4 Å². The SMILES string of the molecule is O=c1[nH]c(=O)n([C@@H]2O[C@H](CO)[C@@H](O)[C@H]2O)cc1C=Cc1ccc2ccc3cccc4ccc1c2c34. The first kappa shape index (κ1) is 21.7. The molecule has 8 nitrogen and oxygen atoms in total. The first-order chi connectivity index (χ1) is 17.0. The monoisotopic (exact) mass is 470 g/mol. The maximum absolute atomic E-state index is 12.5. The molecule has 0 saturated carbocycles. The minimum Gasteiger partial charge on any atom is -0.394 e. The highest BCUT2D eigenvalue weighted by molar-refractivity contribution is 6.24. The highest BCUT2D eigenvalue weighted by Crippen LogP contribution is 2.36. The standard InChI is InChI=1S/C27H22N2O6/c30-13-20-23(31)24(32)26(35-20)29-12-18(25(33)28-27(29)34)9-5-14-4-6-17-8-7-15-2-1-3-16-10-11-19(14)22(17)21(15)16/h1-12,20,23-24,26,30-32H,13H2,(H,28,33,34)/t20-,23-,24-,26-/m1/s1. The van der Waals surface area contributed by atoms with Crippen LogP contribution in [0.2, 0.25) is 0 Å². The second kappa shape index (κ2) is 8.14. The number of rotatable bonds is 4. The molecule has 4 N–H and O–H groups in total. The largest absolute Gasteiger partial charge is 0.394 e. The molecule has 0 amide bonds. The molecule has 176 valence electrons. The molecule has 35 heavy (non-hydrogen) atoms. The Hall–Kier alpha value is -3.82. The fourth-order valence-corrected chi connectivity index (χ4v) is 5.00. The van der Waals surface area contributed by atoms with Crippen molar-refractivity contribution < 1.29 is 20.1 Å². The van der Waals surface area contributed by atoms with E-state index in [0.29, 0.717) is 0 Å². The minimum absolute atomic E-state index is 0.174. The van der Waals surface area contributed by atoms with Crippen LogP contribution in [-0.4, -0.2) is 49.8 Å². The predicted octanol–water partition coefficient (Wildman–Crippen LogP) is 2.22. The molecular formula is C27H22N2O6. The average Bonchev–Trinajstić information content (AvgIpc) is 3.15. The van der Waals surface area contributed by atoms with Crippen LogP contribution in [0.5, 0.6) is 0 Å². The van der Waals surface area contributed by atoms with Crippen molar-refractivity contribution in [2.24, 2.45) is 0 Å². The van der Waals surface area contributed by atoms with E-state index in [9.17, 15) is 24.9 Å². The summed E-state index contributed by atoms with van der Waals surface area (Å²) in [6, 6.07) is 18.6. The van der Waals surface area contributed by atoms with Gasteiger partial charge in [-0.15, -0.1) is 0 Å². The molecule has 1 saturated heterocycles. The zero-order chi connectivity index (χ0) is 24.3. The molecule has 0 radical (unpaired) electrons. The number of aliphatic hydroxyl groups is 3. The Morgan fingerprint density at radius 3 is 2.23 bits per heavy atom. The lowest BCUT2D eigenvalue weighted by atomic mass is 9.92. The molecule has 0 unspecified atom stereocenters. The molecule has 1 fully saturated rings. The van der Waals surface area contributed by atoms with Crippen LogP contribution in [-0.2, 0) is 4.74 Å². The molecule has 0 spiro atoms. The zero-order valence-electron chi connectivity index (χ0n) is 18.5. The maximum Gasteiger partial charge on any atom is 0.330 e. The van der Waals surface area contributed by atoms with Crippen molar-refractivity contribution >= 4 is 44.5 Å². The van der Waals surface area contributed by atoms with Crippen molar-refractivity contribution in [2.75, 3.05) is 6.61 Å². The summed E-state index contributed by atoms with van der Waals surface area (Å²) in [5.41, 5.74) is -0.300. The average molecular weight is 470 g/mol. The number of H-pyrrole nitrogens is 1. The van der Waals surface area contributed by atoms with Gasteiger partial charge in [0.1, 0.15) is 18.3 Å². The number of hydrogen-bond donors (Lipinski definition) is 4. The molecule has 0 aliphatic carbocycles. The zero-order valence-corrected chi connectivity index (χ0v) is 18.5. The number of hydrogen-bond acceptors (Lipinski definition) is 6. The van der Waals surface area contributed by atoms with E-state index in [1.54, 1.807) is 6.08 Å². The molecule has 6 rings (SSSR count). The van der Waals surface area contributed by atoms with E-state index in [2.05, 4.69) is 41.4 Å². The molecule has 1 aliphatic heterocycles. The highest BCUT2D eigenvalue weighted by atomic mass is 16.6. The summed E-state index contributed by atoms with van der Waals surface area (Å²) < 4.78 is 6.47. The quantitative estimate of drug-likeness (QED) is 0.299. The van der Waals surface area contributed by atoms with Crippen LogP contribution < -0.4 is 11.2 Å². The fourth-order valence-electron chi connectivity index (χ4n) is 5.00. The van der Waals surface area contributed by atoms with Gasteiger partial charge >= 0.3 is 5.69 Å². The number of ether oxygens (including phenoxy) is 1. The molecule has 2 heterocycles. The fraction of sp³-hybridized carbons (Fsp3) is 0.185. The van der Waals surface area contributed by atoms with E-state index in [4.69, 9.17) is 4.74 Å². The molecule has 8 heteroatoms. The van der Waals surface area contributed by atoms with Crippen molar-refractivity contribution in [1.82, 2.24) is 9.55 Å². The lowest BCUT2D eigenvalue weighted by Gasteiger charge is -2.17. The first-order valence-corrected chi connectivity index (χ1v) is 11.3. The molecule has 4 aromatic carbocycles. The van der Waals surface area contributed by atoms with Gasteiger partial charge in [-0.2, -0.15) is 0 Å². The second-order valence-corrected chi connectivity index (χ2v) is 8.82. The Balaban J connectivity index is 1.44. The highest BCUT2D eigenvalue weighted by Gasteiger charge is 2.43. The lowest BCUT2D eigenvalue weighted by Crippen LogP contribution is -2.38. The van der Waals surface area contributed by atoms with Crippen molar-refractivity contribution in [3.63, 3.8) is 0 Å². The van der Waals surface area contributed by atoms with Gasteiger partial charge in [0.2, 0.25) is 0 Å². The van der Waals surface area contributed by atoms with E-state index in [1.807, 2.05) is 24.3 Å². The smallest absolute Gasteiger partial charge is 0.330 e. The van der Waals surface area contributed by atoms with Crippen LogP contribution in [0.15, 0.2) is 70.4 Å². The van der Waals surface area contributed by atoms with Gasteiger partial charge in [-0.1, -0.05) is 60.7 Å². The van der Waals surface area contributed by atoms with Crippen molar-refractivity contribution in [3.8, 4) is 0 Å². The Labute approximate surface area is 198 Å². The van der Waals surface area contributed by atoms with E-state index in [-0.39, 0.29) is 5.56 Å². The van der Waals surface area contributed by atoms with Crippen molar-refractivity contribution in [3.05, 3.63) is 92.8 Å². The Morgan fingerprint density at radius 1 is 0.857 bits per heavy atom. The Kier molecular flexibility index (Phi) is 5.05. The Bertz CT molecular complexity index is 1700. The summed E-state index contributed by atoms with van der Waals surface area (Å²) >= 11 is 0. The molecule has 0 bridgehead atoms. The molecule has 5 aromatic rings. The minimum atomic E-state index is -1.44. The third kappa shape index (κ3) is 3.38. The van der Waals surface area contributed by atoms with E-state index >= 15 is 0 Å². The van der Waals surface area contributed by atoms with Gasteiger partial charge in [-0.05, 0) is 44.0 Å². The number of aliphatic hydroxyl groups excluding tert-OH is 3. The number of aromatic nitrogens is 2. The van der Waals surface area contributed by atoms with Crippen LogP contribution in [0.4, 0.5) is 0 Å². The lowest BCUT2D eigenvalue weighted by molar-refractivity contribution is -0.0550. The van der Waals surface area contributed by atoms with Crippen LogP contribution in [0, 0.1) is 0 Å². The van der Waals surface area contributed by atoms with Crippen LogP contribution in [0.25, 0.3) is 44.5 Å². The van der Waals surface area contributed by atoms with E-state index in [1.165, 1.54) is 11.6 Å². The number of benzene rings is 4. The van der Waals surface area contributed by atoms with Gasteiger partial charge in [0.25, 0.3) is 5.56 Å². The number of aromatic amines is 1. The predicted molar refractivity (Wildman–Crippen MR) is 133 cm³/mol. The van der Waals surface area contributed by atoms with Gasteiger partial charge in [-0.3, -0.25) is 14.3 Å². The second-order valence-electron chi connectivity index (χ2n) is 8.82. The molecule has 1 aliphatic rings. The Morgan fingerprint density at radius 2 is 1.51 bits per heavy atom. The van der Waals surface area contributed by atoms with Crippen LogP contribution in [0.3, 0.4) is 0 Å². The van der Waals surface area contributed by atoms with Crippen LogP contribution in [0.1, 0.15) is 17.4 Å². The number of nitrogens with zero attached hydrogens (tertiary/aromatic N) is 1.